The molecule has 2 aliphatic heterocycles. The van der Waals surface area contributed by atoms with Gasteiger partial charge in [0.2, 0.25) is 0 Å². The number of para-hydroxylation sites is 1. The van der Waals surface area contributed by atoms with Crippen molar-refractivity contribution in [3.05, 3.63) is 47.3 Å². The van der Waals surface area contributed by atoms with Crippen LogP contribution in [0.5, 0.6) is 0 Å². The van der Waals surface area contributed by atoms with Crippen LogP contribution in [0, 0.1) is 0 Å². The fraction of sp³-hybridized carbons (Fsp3) is 0.353. The molecular formula is C17H17N3O3. The maximum absolute atomic E-state index is 13.0. The van der Waals surface area contributed by atoms with E-state index in [1.54, 1.807) is 17.2 Å². The number of carboxylic acids is 1. The van der Waals surface area contributed by atoms with Crippen molar-refractivity contribution in [3.63, 3.8) is 0 Å². The third kappa shape index (κ3) is 2.13. The molecule has 0 saturated carbocycles. The summed E-state index contributed by atoms with van der Waals surface area (Å²) in [6.07, 6.45) is 4.61. The van der Waals surface area contributed by atoms with Crippen molar-refractivity contribution < 1.29 is 14.7 Å². The number of carbonyl (C=O) groups excluding carboxylic acids is 1. The number of hydrogen-bond acceptors (Lipinski definition) is 3. The molecule has 3 heterocycles. The summed E-state index contributed by atoms with van der Waals surface area (Å²) < 4.78 is 1.90. The average Bonchev–Trinajstić information content (AvgIpc) is 3.16. The number of carbonyl (C=O) groups is 2. The Hall–Kier alpha value is -2.63. The van der Waals surface area contributed by atoms with Crippen LogP contribution in [0.2, 0.25) is 0 Å². The molecule has 0 radical (unpaired) electrons. The quantitative estimate of drug-likeness (QED) is 0.921. The van der Waals surface area contributed by atoms with E-state index in [-0.39, 0.29) is 12.5 Å². The molecule has 118 valence electrons. The fourth-order valence-electron chi connectivity index (χ4n) is 3.56. The second-order valence-electron chi connectivity index (χ2n) is 6.05. The summed E-state index contributed by atoms with van der Waals surface area (Å²) >= 11 is 0. The van der Waals surface area contributed by atoms with Gasteiger partial charge in [0.25, 0.3) is 5.91 Å². The lowest BCUT2D eigenvalue weighted by Crippen LogP contribution is -2.32. The maximum Gasteiger partial charge on any atom is 0.312 e. The molecule has 6 nitrogen and oxygen atoms in total. The highest BCUT2D eigenvalue weighted by Crippen LogP contribution is 2.37. The van der Waals surface area contributed by atoms with Gasteiger partial charge in [-0.1, -0.05) is 18.2 Å². The molecule has 1 aromatic heterocycles. The first-order chi connectivity index (χ1) is 11.2. The predicted octanol–water partition coefficient (Wildman–Crippen LogP) is 2.05. The minimum atomic E-state index is -0.898. The molecule has 0 saturated heterocycles. The molecule has 2 aliphatic rings. The van der Waals surface area contributed by atoms with E-state index in [9.17, 15) is 14.7 Å². The van der Waals surface area contributed by atoms with Crippen LogP contribution >= 0.6 is 0 Å². The Morgan fingerprint density at radius 2 is 2.04 bits per heavy atom. The highest BCUT2D eigenvalue weighted by atomic mass is 16.4. The van der Waals surface area contributed by atoms with Crippen molar-refractivity contribution in [2.45, 2.75) is 31.7 Å². The van der Waals surface area contributed by atoms with Gasteiger partial charge in [-0.2, -0.15) is 5.10 Å². The number of benzene rings is 1. The molecule has 1 N–H and O–H groups in total. The Kier molecular flexibility index (Phi) is 3.18. The SMILES string of the molecule is O=C(O)[C@@H]1CN(C(=O)c2cnn3c2CCCC3)c2ccccc21. The van der Waals surface area contributed by atoms with Crippen molar-refractivity contribution in [2.24, 2.45) is 0 Å². The van der Waals surface area contributed by atoms with E-state index in [0.717, 1.165) is 31.5 Å². The average molecular weight is 311 g/mol. The molecule has 1 atom stereocenters. The molecule has 4 rings (SSSR count). The number of anilines is 1. The number of nitrogens with zero attached hydrogens (tertiary/aromatic N) is 3. The topological polar surface area (TPSA) is 75.4 Å². The van der Waals surface area contributed by atoms with E-state index in [1.807, 2.05) is 22.9 Å². The van der Waals surface area contributed by atoms with Crippen molar-refractivity contribution in [1.82, 2.24) is 9.78 Å². The molecule has 0 spiro atoms. The molecule has 1 amide bonds. The maximum atomic E-state index is 13.0. The molecule has 0 unspecified atom stereocenters. The number of rotatable bonds is 2. The van der Waals surface area contributed by atoms with Gasteiger partial charge < -0.3 is 10.0 Å². The second-order valence-corrected chi connectivity index (χ2v) is 6.05. The van der Waals surface area contributed by atoms with Crippen molar-refractivity contribution in [3.8, 4) is 0 Å². The lowest BCUT2D eigenvalue weighted by Gasteiger charge is -2.19. The molecule has 1 aromatic carbocycles. The highest BCUT2D eigenvalue weighted by Gasteiger charge is 2.37. The molecule has 6 heteroatoms. The monoisotopic (exact) mass is 311 g/mol. The van der Waals surface area contributed by atoms with Crippen LogP contribution in [0.25, 0.3) is 0 Å². The van der Waals surface area contributed by atoms with Crippen LogP contribution in [-0.4, -0.2) is 33.3 Å². The zero-order chi connectivity index (χ0) is 16.0. The molecule has 0 fully saturated rings. The van der Waals surface area contributed by atoms with Crippen LogP contribution in [-0.2, 0) is 17.8 Å². The molecule has 0 aliphatic carbocycles. The lowest BCUT2D eigenvalue weighted by molar-refractivity contribution is -0.138. The van der Waals surface area contributed by atoms with Gasteiger partial charge in [-0.25, -0.2) is 0 Å². The van der Waals surface area contributed by atoms with Gasteiger partial charge in [0.1, 0.15) is 5.92 Å². The van der Waals surface area contributed by atoms with E-state index in [0.29, 0.717) is 16.8 Å². The molecule has 2 aromatic rings. The molecular weight excluding hydrogens is 294 g/mol. The third-order valence-electron chi connectivity index (χ3n) is 4.72. The number of carboxylic acid groups (broad SMARTS) is 1. The van der Waals surface area contributed by atoms with Gasteiger partial charge in [-0.15, -0.1) is 0 Å². The summed E-state index contributed by atoms with van der Waals surface area (Å²) in [6, 6.07) is 7.24. The lowest BCUT2D eigenvalue weighted by atomic mass is 10.0. The van der Waals surface area contributed by atoms with Crippen LogP contribution in [0.15, 0.2) is 30.5 Å². The summed E-state index contributed by atoms with van der Waals surface area (Å²) in [6.45, 7) is 1.02. The Labute approximate surface area is 133 Å². The Morgan fingerprint density at radius 1 is 1.22 bits per heavy atom. The summed E-state index contributed by atoms with van der Waals surface area (Å²) in [7, 11) is 0. The number of aromatic nitrogens is 2. The van der Waals surface area contributed by atoms with Gasteiger partial charge in [-0.05, 0) is 30.9 Å². The predicted molar refractivity (Wildman–Crippen MR) is 83.7 cm³/mol. The minimum absolute atomic E-state index is 0.149. The first-order valence-electron chi connectivity index (χ1n) is 7.85. The molecule has 23 heavy (non-hydrogen) atoms. The van der Waals surface area contributed by atoms with Crippen LogP contribution in [0.3, 0.4) is 0 Å². The smallest absolute Gasteiger partial charge is 0.312 e. The minimum Gasteiger partial charge on any atom is -0.481 e. The zero-order valence-electron chi connectivity index (χ0n) is 12.6. The van der Waals surface area contributed by atoms with Crippen molar-refractivity contribution in [1.29, 1.82) is 0 Å². The summed E-state index contributed by atoms with van der Waals surface area (Å²) in [5, 5.41) is 13.7. The van der Waals surface area contributed by atoms with Gasteiger partial charge in [0.15, 0.2) is 0 Å². The van der Waals surface area contributed by atoms with E-state index < -0.39 is 11.9 Å². The summed E-state index contributed by atoms with van der Waals surface area (Å²) in [4.78, 5) is 26.1. The van der Waals surface area contributed by atoms with Crippen molar-refractivity contribution >= 4 is 17.6 Å². The zero-order valence-corrected chi connectivity index (χ0v) is 12.6. The van der Waals surface area contributed by atoms with Crippen LogP contribution < -0.4 is 4.90 Å². The number of fused-ring (bicyclic) bond motifs is 2. The highest BCUT2D eigenvalue weighted by molar-refractivity contribution is 6.09. The largest absolute Gasteiger partial charge is 0.481 e. The number of amides is 1. The second kappa shape index (κ2) is 5.22. The van der Waals surface area contributed by atoms with Gasteiger partial charge in [0.05, 0.1) is 17.5 Å². The molecule has 0 bridgehead atoms. The Bertz CT molecular complexity index is 796. The Balaban J connectivity index is 1.72. The first kappa shape index (κ1) is 14.0. The van der Waals surface area contributed by atoms with E-state index in [2.05, 4.69) is 5.10 Å². The Morgan fingerprint density at radius 3 is 2.87 bits per heavy atom. The third-order valence-corrected chi connectivity index (χ3v) is 4.72. The van der Waals surface area contributed by atoms with E-state index in [4.69, 9.17) is 0 Å². The van der Waals surface area contributed by atoms with Gasteiger partial charge >= 0.3 is 5.97 Å². The van der Waals surface area contributed by atoms with Crippen LogP contribution in [0.4, 0.5) is 5.69 Å². The first-order valence-corrected chi connectivity index (χ1v) is 7.85. The number of aliphatic carboxylic acids is 1. The van der Waals surface area contributed by atoms with Crippen LogP contribution in [0.1, 0.15) is 40.4 Å². The normalized spacial score (nSPS) is 19.3. The van der Waals surface area contributed by atoms with Crippen molar-refractivity contribution in [2.75, 3.05) is 11.4 Å². The van der Waals surface area contributed by atoms with Gasteiger partial charge in [-0.3, -0.25) is 14.3 Å². The fourth-order valence-corrected chi connectivity index (χ4v) is 3.56. The summed E-state index contributed by atoms with van der Waals surface area (Å²) in [5.74, 6) is -1.71. The van der Waals surface area contributed by atoms with E-state index >= 15 is 0 Å². The van der Waals surface area contributed by atoms with Gasteiger partial charge in [0, 0.05) is 18.8 Å². The number of aryl methyl sites for hydroxylation is 1. The standard InChI is InChI=1S/C17H17N3O3/c21-16(12-9-18-20-8-4-3-7-15(12)20)19-10-13(17(22)23)11-5-1-2-6-14(11)19/h1-2,5-6,9,13H,3-4,7-8,10H2,(H,22,23)/t13-/m1/s1. The summed E-state index contributed by atoms with van der Waals surface area (Å²) in [5.41, 5.74) is 2.97. The number of hydrogen-bond donors (Lipinski definition) is 1. The van der Waals surface area contributed by atoms with E-state index in [1.165, 1.54) is 0 Å².